The largest absolute Gasteiger partial charge is 0.490 e. The molecule has 2 rings (SSSR count). The van der Waals surface area contributed by atoms with Crippen molar-refractivity contribution in [2.45, 2.75) is 26.8 Å². The third-order valence-corrected chi connectivity index (χ3v) is 2.57. The van der Waals surface area contributed by atoms with Crippen LogP contribution in [-0.4, -0.2) is 13.2 Å². The average Bonchev–Trinajstić information content (AvgIpc) is 2.77. The van der Waals surface area contributed by atoms with Gasteiger partial charge in [0.15, 0.2) is 11.3 Å². The molecular formula is C14H19NO2. The van der Waals surface area contributed by atoms with Crippen molar-refractivity contribution in [3.8, 4) is 5.75 Å². The summed E-state index contributed by atoms with van der Waals surface area (Å²) in [5.74, 6) is 1.79. The minimum absolute atomic E-state index is 0.725. The van der Waals surface area contributed by atoms with Crippen molar-refractivity contribution < 1.29 is 9.15 Å². The predicted molar refractivity (Wildman–Crippen MR) is 69.4 cm³/mol. The quantitative estimate of drug-likeness (QED) is 0.831. The Kier molecular flexibility index (Phi) is 4.04. The zero-order valence-corrected chi connectivity index (χ0v) is 10.5. The molecule has 0 aliphatic rings. The highest BCUT2D eigenvalue weighted by Gasteiger charge is 2.08. The van der Waals surface area contributed by atoms with Crippen molar-refractivity contribution in [3.63, 3.8) is 0 Å². The van der Waals surface area contributed by atoms with Crippen molar-refractivity contribution in [2.24, 2.45) is 0 Å². The lowest BCUT2D eigenvalue weighted by Gasteiger charge is -2.04. The summed E-state index contributed by atoms with van der Waals surface area (Å²) in [6.07, 6.45) is 1.00. The lowest BCUT2D eigenvalue weighted by molar-refractivity contribution is 0.315. The zero-order valence-electron chi connectivity index (χ0n) is 10.5. The molecule has 0 radical (unpaired) electrons. The van der Waals surface area contributed by atoms with Gasteiger partial charge in [0, 0.05) is 5.39 Å². The molecule has 1 aromatic carbocycles. The molecule has 92 valence electrons. The Labute approximate surface area is 102 Å². The monoisotopic (exact) mass is 233 g/mol. The van der Waals surface area contributed by atoms with Crippen molar-refractivity contribution in [3.05, 3.63) is 30.0 Å². The Hall–Kier alpha value is -1.48. The van der Waals surface area contributed by atoms with Crippen LogP contribution < -0.4 is 10.1 Å². The first-order valence-electron chi connectivity index (χ1n) is 6.20. The third kappa shape index (κ3) is 2.80. The molecule has 1 N–H and O–H groups in total. The van der Waals surface area contributed by atoms with Crippen LogP contribution in [0.3, 0.4) is 0 Å². The van der Waals surface area contributed by atoms with Crippen LogP contribution in [0.2, 0.25) is 0 Å². The fraction of sp³-hybridized carbons (Fsp3) is 0.429. The van der Waals surface area contributed by atoms with E-state index in [0.717, 1.165) is 48.6 Å². The van der Waals surface area contributed by atoms with E-state index in [1.165, 1.54) is 0 Å². The van der Waals surface area contributed by atoms with E-state index in [9.17, 15) is 0 Å². The molecule has 1 aromatic heterocycles. The number of furan rings is 1. The number of nitrogens with one attached hydrogen (secondary N) is 1. The maximum atomic E-state index is 5.81. The minimum atomic E-state index is 0.725. The van der Waals surface area contributed by atoms with E-state index >= 15 is 0 Å². The van der Waals surface area contributed by atoms with Gasteiger partial charge in [0.2, 0.25) is 0 Å². The summed E-state index contributed by atoms with van der Waals surface area (Å²) < 4.78 is 11.5. The Morgan fingerprint density at radius 1 is 1.29 bits per heavy atom. The molecule has 2 aromatic rings. The van der Waals surface area contributed by atoms with Gasteiger partial charge in [-0.1, -0.05) is 26.0 Å². The van der Waals surface area contributed by atoms with E-state index < -0.39 is 0 Å². The topological polar surface area (TPSA) is 34.4 Å². The zero-order chi connectivity index (χ0) is 12.1. The number of hydrogen-bond acceptors (Lipinski definition) is 3. The van der Waals surface area contributed by atoms with Gasteiger partial charge in [-0.2, -0.15) is 0 Å². The van der Waals surface area contributed by atoms with Crippen molar-refractivity contribution in [1.82, 2.24) is 5.32 Å². The van der Waals surface area contributed by atoms with Gasteiger partial charge in [-0.25, -0.2) is 0 Å². The molecule has 0 bridgehead atoms. The lowest BCUT2D eigenvalue weighted by atomic mass is 10.2. The standard InChI is InChI=1S/C14H19NO2/c1-3-8-16-13-7-5-6-11-9-12(10-15-4-2)17-14(11)13/h5-7,9,15H,3-4,8,10H2,1-2H3. The first-order valence-corrected chi connectivity index (χ1v) is 6.20. The van der Waals surface area contributed by atoms with Crippen LogP contribution in [0.15, 0.2) is 28.7 Å². The normalized spacial score (nSPS) is 10.9. The van der Waals surface area contributed by atoms with Gasteiger partial charge in [0.05, 0.1) is 13.2 Å². The number of benzene rings is 1. The molecule has 0 unspecified atom stereocenters. The maximum Gasteiger partial charge on any atom is 0.176 e. The second kappa shape index (κ2) is 5.73. The van der Waals surface area contributed by atoms with Crippen molar-refractivity contribution in [1.29, 1.82) is 0 Å². The lowest BCUT2D eigenvalue weighted by Crippen LogP contribution is -2.10. The molecule has 0 aliphatic heterocycles. The molecule has 1 heterocycles. The van der Waals surface area contributed by atoms with Crippen LogP contribution in [0.1, 0.15) is 26.0 Å². The molecule has 0 saturated carbocycles. The third-order valence-electron chi connectivity index (χ3n) is 2.57. The molecule has 0 aliphatic carbocycles. The summed E-state index contributed by atoms with van der Waals surface area (Å²) >= 11 is 0. The first-order chi connectivity index (χ1) is 8.35. The summed E-state index contributed by atoms with van der Waals surface area (Å²) in [6, 6.07) is 8.07. The van der Waals surface area contributed by atoms with Gasteiger partial charge >= 0.3 is 0 Å². The Morgan fingerprint density at radius 2 is 2.18 bits per heavy atom. The van der Waals surface area contributed by atoms with Gasteiger partial charge in [-0.05, 0) is 25.1 Å². The SMILES string of the molecule is CCCOc1cccc2cc(CNCC)oc12. The Balaban J connectivity index is 2.25. The summed E-state index contributed by atoms with van der Waals surface area (Å²) in [4.78, 5) is 0. The number of fused-ring (bicyclic) bond motifs is 1. The van der Waals surface area contributed by atoms with Gasteiger partial charge in [-0.3, -0.25) is 0 Å². The first kappa shape index (κ1) is 12.0. The predicted octanol–water partition coefficient (Wildman–Crippen LogP) is 3.33. The van der Waals surface area contributed by atoms with Crippen LogP contribution in [0.5, 0.6) is 5.75 Å². The molecule has 3 heteroatoms. The highest BCUT2D eigenvalue weighted by Crippen LogP contribution is 2.28. The summed E-state index contributed by atoms with van der Waals surface area (Å²) in [6.45, 7) is 6.61. The number of ether oxygens (including phenoxy) is 1. The summed E-state index contributed by atoms with van der Waals surface area (Å²) in [7, 11) is 0. The Morgan fingerprint density at radius 3 is 2.94 bits per heavy atom. The molecule has 0 fully saturated rings. The van der Waals surface area contributed by atoms with E-state index in [-0.39, 0.29) is 0 Å². The fourth-order valence-electron chi connectivity index (χ4n) is 1.75. The van der Waals surface area contributed by atoms with E-state index in [1.807, 2.05) is 18.2 Å². The molecule has 0 amide bonds. The highest BCUT2D eigenvalue weighted by atomic mass is 16.5. The van der Waals surface area contributed by atoms with Gasteiger partial charge < -0.3 is 14.5 Å². The second-order valence-electron chi connectivity index (χ2n) is 4.02. The van der Waals surface area contributed by atoms with Crippen LogP contribution in [-0.2, 0) is 6.54 Å². The number of rotatable bonds is 6. The van der Waals surface area contributed by atoms with Crippen molar-refractivity contribution in [2.75, 3.05) is 13.2 Å². The van der Waals surface area contributed by atoms with E-state index in [2.05, 4.69) is 25.2 Å². The molecular weight excluding hydrogens is 214 g/mol. The molecule has 17 heavy (non-hydrogen) atoms. The minimum Gasteiger partial charge on any atom is -0.490 e. The van der Waals surface area contributed by atoms with Crippen LogP contribution >= 0.6 is 0 Å². The summed E-state index contributed by atoms with van der Waals surface area (Å²) in [5, 5.41) is 4.36. The van der Waals surface area contributed by atoms with Gasteiger partial charge in [0.1, 0.15) is 5.76 Å². The molecule has 0 atom stereocenters. The molecule has 3 nitrogen and oxygen atoms in total. The Bertz CT molecular complexity index is 476. The smallest absolute Gasteiger partial charge is 0.176 e. The van der Waals surface area contributed by atoms with Gasteiger partial charge in [-0.15, -0.1) is 0 Å². The highest BCUT2D eigenvalue weighted by molar-refractivity contribution is 5.83. The maximum absolute atomic E-state index is 5.81. The van der Waals surface area contributed by atoms with E-state index in [1.54, 1.807) is 0 Å². The van der Waals surface area contributed by atoms with Gasteiger partial charge in [0.25, 0.3) is 0 Å². The number of para-hydroxylation sites is 1. The van der Waals surface area contributed by atoms with Crippen molar-refractivity contribution >= 4 is 11.0 Å². The van der Waals surface area contributed by atoms with E-state index in [4.69, 9.17) is 9.15 Å². The second-order valence-corrected chi connectivity index (χ2v) is 4.02. The van der Waals surface area contributed by atoms with Crippen LogP contribution in [0.25, 0.3) is 11.0 Å². The molecule has 0 spiro atoms. The number of hydrogen-bond donors (Lipinski definition) is 1. The fourth-order valence-corrected chi connectivity index (χ4v) is 1.75. The average molecular weight is 233 g/mol. The summed E-state index contributed by atoms with van der Waals surface area (Å²) in [5.41, 5.74) is 0.855. The van der Waals surface area contributed by atoms with E-state index in [0.29, 0.717) is 0 Å². The molecule has 0 saturated heterocycles. The van der Waals surface area contributed by atoms with Crippen LogP contribution in [0.4, 0.5) is 0 Å². The van der Waals surface area contributed by atoms with Crippen LogP contribution in [0, 0.1) is 0 Å².